The molecule has 0 radical (unpaired) electrons. The second-order valence-electron chi connectivity index (χ2n) is 5.11. The standard InChI is InChI=1S/C18H23NO2/c1-20-18-9-5-6-15(13-18)12-16(14-19)10-11-21-17-7-3-2-4-8-17/h2-9,13,16H,10-12,14,19H2,1H3. The third-order valence-electron chi connectivity index (χ3n) is 3.53. The van der Waals surface area contributed by atoms with E-state index >= 15 is 0 Å². The first-order valence-corrected chi connectivity index (χ1v) is 7.32. The van der Waals surface area contributed by atoms with Crippen molar-refractivity contribution in [3.63, 3.8) is 0 Å². The van der Waals surface area contributed by atoms with Crippen molar-refractivity contribution >= 4 is 0 Å². The van der Waals surface area contributed by atoms with Gasteiger partial charge in [-0.2, -0.15) is 0 Å². The fourth-order valence-electron chi connectivity index (χ4n) is 2.30. The highest BCUT2D eigenvalue weighted by molar-refractivity contribution is 5.28. The van der Waals surface area contributed by atoms with E-state index in [4.69, 9.17) is 15.2 Å². The summed E-state index contributed by atoms with van der Waals surface area (Å²) in [4.78, 5) is 0. The molecule has 0 aliphatic rings. The summed E-state index contributed by atoms with van der Waals surface area (Å²) in [6.45, 7) is 1.35. The Morgan fingerprint density at radius 2 is 1.76 bits per heavy atom. The van der Waals surface area contributed by atoms with E-state index in [1.807, 2.05) is 42.5 Å². The maximum Gasteiger partial charge on any atom is 0.119 e. The molecular weight excluding hydrogens is 262 g/mol. The number of nitrogens with two attached hydrogens (primary N) is 1. The van der Waals surface area contributed by atoms with Gasteiger partial charge in [-0.05, 0) is 55.1 Å². The molecule has 0 spiro atoms. The summed E-state index contributed by atoms with van der Waals surface area (Å²) in [5, 5.41) is 0. The van der Waals surface area contributed by atoms with Crippen molar-refractivity contribution in [1.82, 2.24) is 0 Å². The normalized spacial score (nSPS) is 11.9. The Morgan fingerprint density at radius 3 is 2.48 bits per heavy atom. The predicted octanol–water partition coefficient (Wildman–Crippen LogP) is 3.28. The number of methoxy groups -OCH3 is 1. The van der Waals surface area contributed by atoms with Crippen molar-refractivity contribution < 1.29 is 9.47 Å². The fourth-order valence-corrected chi connectivity index (χ4v) is 2.30. The fraction of sp³-hybridized carbons (Fsp3) is 0.333. The molecular formula is C18H23NO2. The summed E-state index contributed by atoms with van der Waals surface area (Å²) >= 11 is 0. The highest BCUT2D eigenvalue weighted by atomic mass is 16.5. The van der Waals surface area contributed by atoms with E-state index in [-0.39, 0.29) is 0 Å². The SMILES string of the molecule is COc1cccc(CC(CN)CCOc2ccccc2)c1. The lowest BCUT2D eigenvalue weighted by Gasteiger charge is -2.16. The van der Waals surface area contributed by atoms with Crippen molar-refractivity contribution in [3.8, 4) is 11.5 Å². The zero-order valence-corrected chi connectivity index (χ0v) is 12.5. The third-order valence-corrected chi connectivity index (χ3v) is 3.53. The van der Waals surface area contributed by atoms with Crippen LogP contribution in [0.5, 0.6) is 11.5 Å². The first kappa shape index (κ1) is 15.4. The summed E-state index contributed by atoms with van der Waals surface area (Å²) in [7, 11) is 1.69. The molecule has 2 N–H and O–H groups in total. The van der Waals surface area contributed by atoms with Crippen LogP contribution < -0.4 is 15.2 Å². The maximum absolute atomic E-state index is 5.88. The first-order chi connectivity index (χ1) is 10.3. The Kier molecular flexibility index (Phi) is 6.10. The molecule has 0 saturated carbocycles. The summed E-state index contributed by atoms with van der Waals surface area (Å²) in [6.07, 6.45) is 1.90. The van der Waals surface area contributed by atoms with Crippen LogP contribution in [0.2, 0.25) is 0 Å². The summed E-state index contributed by atoms with van der Waals surface area (Å²) < 4.78 is 11.0. The van der Waals surface area contributed by atoms with Crippen LogP contribution in [0.4, 0.5) is 0 Å². The minimum atomic E-state index is 0.417. The molecule has 1 unspecified atom stereocenters. The lowest BCUT2D eigenvalue weighted by Crippen LogP contribution is -2.19. The lowest BCUT2D eigenvalue weighted by atomic mass is 9.96. The van der Waals surface area contributed by atoms with Crippen LogP contribution in [-0.2, 0) is 6.42 Å². The molecule has 0 aliphatic carbocycles. The van der Waals surface area contributed by atoms with Gasteiger partial charge in [0.1, 0.15) is 11.5 Å². The number of ether oxygens (including phenoxy) is 2. The van der Waals surface area contributed by atoms with Gasteiger partial charge in [-0.1, -0.05) is 30.3 Å². The molecule has 3 heteroatoms. The van der Waals surface area contributed by atoms with E-state index in [2.05, 4.69) is 12.1 Å². The topological polar surface area (TPSA) is 44.5 Å². The summed E-state index contributed by atoms with van der Waals surface area (Å²) in [5.74, 6) is 2.22. The molecule has 2 rings (SSSR count). The summed E-state index contributed by atoms with van der Waals surface area (Å²) in [5.41, 5.74) is 7.14. The zero-order chi connectivity index (χ0) is 14.9. The quantitative estimate of drug-likeness (QED) is 0.809. The molecule has 21 heavy (non-hydrogen) atoms. The highest BCUT2D eigenvalue weighted by Gasteiger charge is 2.09. The molecule has 2 aromatic carbocycles. The van der Waals surface area contributed by atoms with Gasteiger partial charge in [-0.25, -0.2) is 0 Å². The zero-order valence-electron chi connectivity index (χ0n) is 12.5. The number of para-hydroxylation sites is 1. The largest absolute Gasteiger partial charge is 0.497 e. The van der Waals surface area contributed by atoms with Crippen molar-refractivity contribution in [2.24, 2.45) is 11.7 Å². The van der Waals surface area contributed by atoms with Crippen molar-refractivity contribution in [3.05, 3.63) is 60.2 Å². The van der Waals surface area contributed by atoms with Crippen LogP contribution in [0.15, 0.2) is 54.6 Å². The Labute approximate surface area is 126 Å². The van der Waals surface area contributed by atoms with Crippen LogP contribution in [-0.4, -0.2) is 20.3 Å². The smallest absolute Gasteiger partial charge is 0.119 e. The second-order valence-corrected chi connectivity index (χ2v) is 5.11. The Balaban J connectivity index is 1.82. The van der Waals surface area contributed by atoms with E-state index in [0.29, 0.717) is 19.1 Å². The van der Waals surface area contributed by atoms with E-state index < -0.39 is 0 Å². The Hall–Kier alpha value is -2.00. The van der Waals surface area contributed by atoms with Gasteiger partial charge in [0, 0.05) is 0 Å². The molecule has 3 nitrogen and oxygen atoms in total. The van der Waals surface area contributed by atoms with E-state index in [9.17, 15) is 0 Å². The molecule has 0 aromatic heterocycles. The van der Waals surface area contributed by atoms with Gasteiger partial charge in [-0.3, -0.25) is 0 Å². The monoisotopic (exact) mass is 285 g/mol. The maximum atomic E-state index is 5.88. The minimum absolute atomic E-state index is 0.417. The molecule has 0 aliphatic heterocycles. The molecule has 0 amide bonds. The number of rotatable bonds is 8. The van der Waals surface area contributed by atoms with Crippen LogP contribution >= 0.6 is 0 Å². The molecule has 0 heterocycles. The average Bonchev–Trinajstić information content (AvgIpc) is 2.55. The molecule has 2 aromatic rings. The van der Waals surface area contributed by atoms with Gasteiger partial charge >= 0.3 is 0 Å². The molecule has 0 bridgehead atoms. The van der Waals surface area contributed by atoms with Gasteiger partial charge in [0.05, 0.1) is 13.7 Å². The van der Waals surface area contributed by atoms with Gasteiger partial charge in [0.2, 0.25) is 0 Å². The number of hydrogen-bond acceptors (Lipinski definition) is 3. The van der Waals surface area contributed by atoms with E-state index in [0.717, 1.165) is 24.3 Å². The van der Waals surface area contributed by atoms with Gasteiger partial charge in [0.25, 0.3) is 0 Å². The molecule has 1 atom stereocenters. The van der Waals surface area contributed by atoms with Crippen LogP contribution in [0.3, 0.4) is 0 Å². The lowest BCUT2D eigenvalue weighted by molar-refractivity contribution is 0.279. The van der Waals surface area contributed by atoms with Crippen LogP contribution in [0.25, 0.3) is 0 Å². The van der Waals surface area contributed by atoms with Gasteiger partial charge < -0.3 is 15.2 Å². The average molecular weight is 285 g/mol. The Bertz CT molecular complexity index is 528. The highest BCUT2D eigenvalue weighted by Crippen LogP contribution is 2.18. The van der Waals surface area contributed by atoms with E-state index in [1.54, 1.807) is 7.11 Å². The van der Waals surface area contributed by atoms with Gasteiger partial charge in [0.15, 0.2) is 0 Å². The van der Waals surface area contributed by atoms with Gasteiger partial charge in [-0.15, -0.1) is 0 Å². The van der Waals surface area contributed by atoms with Crippen molar-refractivity contribution in [2.75, 3.05) is 20.3 Å². The summed E-state index contributed by atoms with van der Waals surface area (Å²) in [6, 6.07) is 18.0. The van der Waals surface area contributed by atoms with Crippen LogP contribution in [0.1, 0.15) is 12.0 Å². The minimum Gasteiger partial charge on any atom is -0.497 e. The third kappa shape index (κ3) is 5.12. The molecule has 112 valence electrons. The Morgan fingerprint density at radius 1 is 1.00 bits per heavy atom. The first-order valence-electron chi connectivity index (χ1n) is 7.32. The number of hydrogen-bond donors (Lipinski definition) is 1. The molecule has 0 fully saturated rings. The van der Waals surface area contributed by atoms with Crippen molar-refractivity contribution in [2.45, 2.75) is 12.8 Å². The number of benzene rings is 2. The molecule has 0 saturated heterocycles. The van der Waals surface area contributed by atoms with Crippen molar-refractivity contribution in [1.29, 1.82) is 0 Å². The second kappa shape index (κ2) is 8.32. The van der Waals surface area contributed by atoms with Crippen LogP contribution in [0, 0.1) is 5.92 Å². The van der Waals surface area contributed by atoms with E-state index in [1.165, 1.54) is 5.56 Å². The predicted molar refractivity (Wildman–Crippen MR) is 85.8 cm³/mol.